The van der Waals surface area contributed by atoms with Crippen LogP contribution in [0.2, 0.25) is 5.02 Å². The first-order chi connectivity index (χ1) is 16.9. The standard InChI is InChI=1S/C25H20ClFN6O2/c1-2-28-25(35)31-24-29-21-12-14(11-18(26)22(21)30-24)17-9-13(7-8-19(17)27)10-20-15-5-3-4-6-16(15)23(34)33-32-20/h3-9,11-12H,2,10H2,1H3,(H,33,34)(H3,28,29,30,31,35). The molecule has 2 amide bonds. The number of hydrogen-bond acceptors (Lipinski definition) is 4. The third-order valence-electron chi connectivity index (χ3n) is 5.60. The number of carbonyl (C=O) groups excluding carboxylic acids is 1. The SMILES string of the molecule is CCNC(=O)Nc1nc2cc(-c3cc(Cc4n[nH]c(=O)c5ccccc45)ccc3F)cc(Cl)c2[nH]1. The minimum Gasteiger partial charge on any atom is -0.338 e. The van der Waals surface area contributed by atoms with Crippen LogP contribution in [0.1, 0.15) is 18.2 Å². The number of anilines is 1. The van der Waals surface area contributed by atoms with Crippen molar-refractivity contribution in [2.24, 2.45) is 0 Å². The molecule has 0 atom stereocenters. The normalized spacial score (nSPS) is 11.2. The zero-order valence-electron chi connectivity index (χ0n) is 18.6. The molecule has 3 aromatic carbocycles. The summed E-state index contributed by atoms with van der Waals surface area (Å²) in [6, 6.07) is 15.0. The molecule has 0 saturated heterocycles. The number of aromatic nitrogens is 4. The molecule has 0 spiro atoms. The Morgan fingerprint density at radius 1 is 1.11 bits per heavy atom. The third kappa shape index (κ3) is 4.45. The summed E-state index contributed by atoms with van der Waals surface area (Å²) in [4.78, 5) is 31.2. The Kier molecular flexibility index (Phi) is 5.92. The van der Waals surface area contributed by atoms with Gasteiger partial charge in [-0.05, 0) is 48.4 Å². The van der Waals surface area contributed by atoms with Crippen LogP contribution in [0, 0.1) is 5.82 Å². The first-order valence-corrected chi connectivity index (χ1v) is 11.3. The van der Waals surface area contributed by atoms with E-state index in [0.717, 1.165) is 10.9 Å². The Bertz CT molecular complexity index is 1640. The summed E-state index contributed by atoms with van der Waals surface area (Å²) in [5.41, 5.74) is 3.13. The molecule has 176 valence electrons. The van der Waals surface area contributed by atoms with E-state index in [2.05, 4.69) is 30.8 Å². The summed E-state index contributed by atoms with van der Waals surface area (Å²) in [6.45, 7) is 2.27. The maximum Gasteiger partial charge on any atom is 0.321 e. The van der Waals surface area contributed by atoms with Gasteiger partial charge in [0.15, 0.2) is 0 Å². The van der Waals surface area contributed by atoms with Crippen LogP contribution in [0.25, 0.3) is 32.9 Å². The Morgan fingerprint density at radius 2 is 1.91 bits per heavy atom. The summed E-state index contributed by atoms with van der Waals surface area (Å²) < 4.78 is 14.9. The molecular formula is C25H20ClFN6O2. The molecule has 5 aromatic rings. The van der Waals surface area contributed by atoms with E-state index < -0.39 is 11.8 Å². The van der Waals surface area contributed by atoms with Crippen molar-refractivity contribution in [1.82, 2.24) is 25.5 Å². The highest BCUT2D eigenvalue weighted by Gasteiger charge is 2.15. The van der Waals surface area contributed by atoms with Crippen LogP contribution >= 0.6 is 11.6 Å². The molecule has 8 nitrogen and oxygen atoms in total. The summed E-state index contributed by atoms with van der Waals surface area (Å²) in [5, 5.41) is 13.6. The molecular weight excluding hydrogens is 471 g/mol. The Morgan fingerprint density at radius 3 is 2.71 bits per heavy atom. The average molecular weight is 491 g/mol. The molecule has 4 N–H and O–H groups in total. The minimum absolute atomic E-state index is 0.232. The lowest BCUT2D eigenvalue weighted by molar-refractivity contribution is 0.252. The second kappa shape index (κ2) is 9.19. The van der Waals surface area contributed by atoms with E-state index in [9.17, 15) is 14.0 Å². The predicted molar refractivity (Wildman–Crippen MR) is 134 cm³/mol. The van der Waals surface area contributed by atoms with Crippen LogP contribution in [-0.4, -0.2) is 32.7 Å². The van der Waals surface area contributed by atoms with Gasteiger partial charge in [-0.25, -0.2) is 19.3 Å². The Labute approximate surface area is 203 Å². The number of nitrogens with zero attached hydrogens (tertiary/aromatic N) is 2. The number of imidazole rings is 1. The van der Waals surface area contributed by atoms with Gasteiger partial charge in [-0.15, -0.1) is 0 Å². The second-order valence-corrected chi connectivity index (χ2v) is 8.37. The van der Waals surface area contributed by atoms with Gasteiger partial charge in [-0.2, -0.15) is 5.10 Å². The number of carbonyl (C=O) groups is 1. The van der Waals surface area contributed by atoms with E-state index in [-0.39, 0.29) is 11.5 Å². The van der Waals surface area contributed by atoms with Gasteiger partial charge in [0.05, 0.1) is 27.1 Å². The quantitative estimate of drug-likeness (QED) is 0.278. The van der Waals surface area contributed by atoms with Crippen LogP contribution in [0.4, 0.5) is 15.1 Å². The highest BCUT2D eigenvalue weighted by molar-refractivity contribution is 6.35. The fourth-order valence-electron chi connectivity index (χ4n) is 4.00. The van der Waals surface area contributed by atoms with Crippen molar-refractivity contribution in [3.63, 3.8) is 0 Å². The summed E-state index contributed by atoms with van der Waals surface area (Å²) in [6.07, 6.45) is 0.392. The lowest BCUT2D eigenvalue weighted by atomic mass is 9.98. The molecule has 0 bridgehead atoms. The number of H-pyrrole nitrogens is 2. The van der Waals surface area contributed by atoms with E-state index in [1.54, 1.807) is 43.3 Å². The maximum absolute atomic E-state index is 14.9. The van der Waals surface area contributed by atoms with Gasteiger partial charge < -0.3 is 10.3 Å². The predicted octanol–water partition coefficient (Wildman–Crippen LogP) is 4.99. The van der Waals surface area contributed by atoms with Crippen molar-refractivity contribution in [2.75, 3.05) is 11.9 Å². The van der Waals surface area contributed by atoms with E-state index in [1.165, 1.54) is 6.07 Å². The highest BCUT2D eigenvalue weighted by Crippen LogP contribution is 2.33. The maximum atomic E-state index is 14.9. The topological polar surface area (TPSA) is 116 Å². The number of halogens is 2. The molecule has 0 aliphatic carbocycles. The van der Waals surface area contributed by atoms with Crippen molar-refractivity contribution in [1.29, 1.82) is 0 Å². The van der Waals surface area contributed by atoms with Crippen LogP contribution in [0.15, 0.2) is 59.4 Å². The smallest absolute Gasteiger partial charge is 0.321 e. The molecule has 0 aliphatic heterocycles. The summed E-state index contributed by atoms with van der Waals surface area (Å²) in [5.74, 6) is -0.185. The van der Waals surface area contributed by atoms with Gasteiger partial charge in [0.1, 0.15) is 5.82 Å². The summed E-state index contributed by atoms with van der Waals surface area (Å²) >= 11 is 6.46. The monoisotopic (exact) mass is 490 g/mol. The average Bonchev–Trinajstić information content (AvgIpc) is 3.25. The van der Waals surface area contributed by atoms with Crippen LogP contribution < -0.4 is 16.2 Å². The molecule has 0 aliphatic rings. The van der Waals surface area contributed by atoms with Crippen LogP contribution in [0.3, 0.4) is 0 Å². The van der Waals surface area contributed by atoms with E-state index >= 15 is 0 Å². The zero-order chi connectivity index (χ0) is 24.5. The number of aromatic amines is 2. The molecule has 35 heavy (non-hydrogen) atoms. The Hall–Kier alpha value is -4.24. The lowest BCUT2D eigenvalue weighted by Crippen LogP contribution is -2.28. The van der Waals surface area contributed by atoms with Gasteiger partial charge >= 0.3 is 6.03 Å². The molecule has 10 heteroatoms. The van der Waals surface area contributed by atoms with Crippen molar-refractivity contribution in [3.05, 3.63) is 87.0 Å². The van der Waals surface area contributed by atoms with Gasteiger partial charge in [0, 0.05) is 23.9 Å². The number of rotatable bonds is 5. The number of nitrogens with one attached hydrogen (secondary N) is 4. The van der Waals surface area contributed by atoms with Crippen LogP contribution in [-0.2, 0) is 6.42 Å². The number of amides is 2. The number of urea groups is 1. The number of fused-ring (bicyclic) bond motifs is 2. The van der Waals surface area contributed by atoms with Gasteiger partial charge in [0.2, 0.25) is 5.95 Å². The molecule has 0 fully saturated rings. The van der Waals surface area contributed by atoms with Crippen molar-refractivity contribution in [2.45, 2.75) is 13.3 Å². The first-order valence-electron chi connectivity index (χ1n) is 10.9. The highest BCUT2D eigenvalue weighted by atomic mass is 35.5. The minimum atomic E-state index is -0.417. The Balaban J connectivity index is 1.51. The molecule has 5 rings (SSSR count). The number of hydrogen-bond donors (Lipinski definition) is 4. The molecule has 0 unspecified atom stereocenters. The van der Waals surface area contributed by atoms with Gasteiger partial charge in [0.25, 0.3) is 5.56 Å². The van der Waals surface area contributed by atoms with Crippen LogP contribution in [0.5, 0.6) is 0 Å². The molecule has 2 aromatic heterocycles. The van der Waals surface area contributed by atoms with E-state index in [0.29, 0.717) is 51.2 Å². The molecule has 0 saturated carbocycles. The van der Waals surface area contributed by atoms with Crippen molar-refractivity contribution >= 4 is 45.4 Å². The lowest BCUT2D eigenvalue weighted by Gasteiger charge is -2.09. The molecule has 2 heterocycles. The van der Waals surface area contributed by atoms with Gasteiger partial charge in [-0.3, -0.25) is 10.1 Å². The fourth-order valence-corrected chi connectivity index (χ4v) is 4.26. The van der Waals surface area contributed by atoms with E-state index in [4.69, 9.17) is 11.6 Å². The third-order valence-corrected chi connectivity index (χ3v) is 5.90. The first kappa shape index (κ1) is 22.5. The van der Waals surface area contributed by atoms with E-state index in [1.807, 2.05) is 12.1 Å². The summed E-state index contributed by atoms with van der Waals surface area (Å²) in [7, 11) is 0. The van der Waals surface area contributed by atoms with Crippen molar-refractivity contribution < 1.29 is 9.18 Å². The second-order valence-electron chi connectivity index (χ2n) is 7.96. The van der Waals surface area contributed by atoms with Gasteiger partial charge in [-0.1, -0.05) is 35.9 Å². The van der Waals surface area contributed by atoms with Crippen molar-refractivity contribution in [3.8, 4) is 11.1 Å². The zero-order valence-corrected chi connectivity index (χ0v) is 19.3. The largest absolute Gasteiger partial charge is 0.338 e. The fraction of sp³-hybridized carbons (Fsp3) is 0.120. The molecule has 0 radical (unpaired) electrons. The number of benzene rings is 3.